The molecule has 2 aromatic carbocycles. The minimum atomic E-state index is -0.431. The molecule has 0 aromatic heterocycles. The average Bonchev–Trinajstić information content (AvgIpc) is 2.58. The molecule has 0 unspecified atom stereocenters. The van der Waals surface area contributed by atoms with E-state index in [-0.39, 0.29) is 12.4 Å². The average molecular weight is 327 g/mol. The fourth-order valence-corrected chi connectivity index (χ4v) is 2.00. The summed E-state index contributed by atoms with van der Waals surface area (Å²) in [6, 6.07) is 14.8. The van der Waals surface area contributed by atoms with E-state index in [2.05, 4.69) is 16.7 Å². The Balaban J connectivity index is 1.83. The zero-order valence-electron chi connectivity index (χ0n) is 13.1. The first-order valence-electron chi connectivity index (χ1n) is 7.57. The number of nitrogens with one attached hydrogen (secondary N) is 2. The monoisotopic (exact) mass is 327 g/mol. The van der Waals surface area contributed by atoms with E-state index in [0.29, 0.717) is 36.4 Å². The molecule has 0 fully saturated rings. The van der Waals surface area contributed by atoms with Gasteiger partial charge in [-0.05, 0) is 24.6 Å². The number of urea groups is 1. The fraction of sp³-hybridized carbons (Fsp3) is 0.222. The zero-order valence-corrected chi connectivity index (χ0v) is 13.1. The molecule has 0 aliphatic rings. The van der Waals surface area contributed by atoms with Gasteiger partial charge >= 0.3 is 6.03 Å². The van der Waals surface area contributed by atoms with Gasteiger partial charge in [0, 0.05) is 30.3 Å². The predicted octanol–water partition coefficient (Wildman–Crippen LogP) is 3.83. The lowest BCUT2D eigenvalue weighted by Crippen LogP contribution is -2.28. The van der Waals surface area contributed by atoms with Crippen LogP contribution in [0.25, 0.3) is 0 Å². The molecule has 24 heavy (non-hydrogen) atoms. The van der Waals surface area contributed by atoms with E-state index in [1.165, 1.54) is 6.07 Å². The molecule has 124 valence electrons. The smallest absolute Gasteiger partial charge is 0.319 e. The van der Waals surface area contributed by atoms with Crippen molar-refractivity contribution in [3.63, 3.8) is 0 Å². The fourth-order valence-electron chi connectivity index (χ4n) is 2.00. The largest absolute Gasteiger partial charge is 0.493 e. The van der Waals surface area contributed by atoms with Crippen molar-refractivity contribution < 1.29 is 13.9 Å². The van der Waals surface area contributed by atoms with Crippen LogP contribution in [0.2, 0.25) is 0 Å². The van der Waals surface area contributed by atoms with Crippen molar-refractivity contribution in [2.45, 2.75) is 19.4 Å². The number of benzene rings is 2. The molecule has 0 bridgehead atoms. The van der Waals surface area contributed by atoms with Crippen LogP contribution in [0.1, 0.15) is 18.4 Å². The number of carbonyl (C=O) groups excluding carboxylic acids is 1. The van der Waals surface area contributed by atoms with Crippen molar-refractivity contribution in [1.29, 1.82) is 5.26 Å². The van der Waals surface area contributed by atoms with E-state index in [0.717, 1.165) is 0 Å². The van der Waals surface area contributed by atoms with Gasteiger partial charge in [-0.25, -0.2) is 9.18 Å². The summed E-state index contributed by atoms with van der Waals surface area (Å²) in [4.78, 5) is 11.9. The van der Waals surface area contributed by atoms with Gasteiger partial charge in [0.05, 0.1) is 12.7 Å². The highest BCUT2D eigenvalue weighted by molar-refractivity contribution is 5.89. The van der Waals surface area contributed by atoms with E-state index in [4.69, 9.17) is 10.00 Å². The van der Waals surface area contributed by atoms with Crippen molar-refractivity contribution in [2.24, 2.45) is 0 Å². The molecule has 0 saturated carbocycles. The Labute approximate surface area is 140 Å². The third kappa shape index (κ3) is 5.61. The number of hydrogen-bond donors (Lipinski definition) is 2. The summed E-state index contributed by atoms with van der Waals surface area (Å²) >= 11 is 0. The number of rotatable bonds is 7. The number of ether oxygens (including phenoxy) is 1. The van der Waals surface area contributed by atoms with Crippen LogP contribution >= 0.6 is 0 Å². The Kier molecular flexibility index (Phi) is 6.59. The zero-order chi connectivity index (χ0) is 17.2. The highest BCUT2D eigenvalue weighted by Gasteiger charge is 2.05. The molecule has 0 radical (unpaired) electrons. The first kappa shape index (κ1) is 17.3. The molecule has 0 aliphatic carbocycles. The number of nitrogens with zero attached hydrogens (tertiary/aromatic N) is 1. The summed E-state index contributed by atoms with van der Waals surface area (Å²) in [5.74, 6) is 0.255. The van der Waals surface area contributed by atoms with Gasteiger partial charge in [0.2, 0.25) is 0 Å². The Bertz CT molecular complexity index is 728. The number of anilines is 1. The van der Waals surface area contributed by atoms with E-state index < -0.39 is 6.03 Å². The van der Waals surface area contributed by atoms with Crippen LogP contribution < -0.4 is 15.4 Å². The van der Waals surface area contributed by atoms with Gasteiger partial charge < -0.3 is 15.4 Å². The second-order valence-corrected chi connectivity index (χ2v) is 5.04. The Hall–Kier alpha value is -3.07. The number of unbranched alkanes of at least 4 members (excludes halogenated alkanes) is 1. The number of amides is 2. The molecule has 0 heterocycles. The van der Waals surface area contributed by atoms with Crippen LogP contribution in [0.5, 0.6) is 5.75 Å². The first-order chi connectivity index (χ1) is 11.7. The van der Waals surface area contributed by atoms with Gasteiger partial charge in [-0.15, -0.1) is 0 Å². The molecular weight excluding hydrogens is 309 g/mol. The normalized spacial score (nSPS) is 9.83. The van der Waals surface area contributed by atoms with Crippen molar-refractivity contribution >= 4 is 11.7 Å². The third-order valence-electron chi connectivity index (χ3n) is 3.19. The maximum atomic E-state index is 13.5. The molecular formula is C18H18FN3O2. The number of nitriles is 1. The minimum Gasteiger partial charge on any atom is -0.493 e. The first-order valence-corrected chi connectivity index (χ1v) is 7.57. The van der Waals surface area contributed by atoms with Gasteiger partial charge in [0.25, 0.3) is 0 Å². The molecule has 2 amide bonds. The lowest BCUT2D eigenvalue weighted by Gasteiger charge is -2.10. The van der Waals surface area contributed by atoms with E-state index in [9.17, 15) is 9.18 Å². The van der Waals surface area contributed by atoms with Crippen LogP contribution in [0, 0.1) is 17.1 Å². The van der Waals surface area contributed by atoms with Gasteiger partial charge in [-0.1, -0.05) is 24.3 Å². The van der Waals surface area contributed by atoms with Gasteiger partial charge in [-0.2, -0.15) is 5.26 Å². The highest BCUT2D eigenvalue weighted by atomic mass is 19.1. The topological polar surface area (TPSA) is 74.1 Å². The van der Waals surface area contributed by atoms with Crippen LogP contribution in [0.4, 0.5) is 14.9 Å². The summed E-state index contributed by atoms with van der Waals surface area (Å²) < 4.78 is 19.0. The molecule has 0 atom stereocenters. The molecule has 0 saturated heterocycles. The van der Waals surface area contributed by atoms with Crippen molar-refractivity contribution in [1.82, 2.24) is 5.32 Å². The van der Waals surface area contributed by atoms with E-state index >= 15 is 0 Å². The summed E-state index contributed by atoms with van der Waals surface area (Å²) in [7, 11) is 0. The van der Waals surface area contributed by atoms with E-state index in [1.54, 1.807) is 42.5 Å². The van der Waals surface area contributed by atoms with Gasteiger partial charge in [-0.3, -0.25) is 0 Å². The lowest BCUT2D eigenvalue weighted by atomic mass is 10.2. The van der Waals surface area contributed by atoms with Crippen molar-refractivity contribution in [3.05, 3.63) is 59.9 Å². The molecule has 2 N–H and O–H groups in total. The third-order valence-corrected chi connectivity index (χ3v) is 3.19. The second kappa shape index (κ2) is 9.16. The SMILES string of the molecule is N#CCCCOc1cccc(NC(=O)NCc2ccccc2F)c1. The second-order valence-electron chi connectivity index (χ2n) is 5.04. The van der Waals surface area contributed by atoms with Crippen LogP contribution in [0.15, 0.2) is 48.5 Å². The number of carbonyl (C=O) groups is 1. The van der Waals surface area contributed by atoms with Crippen molar-refractivity contribution in [2.75, 3.05) is 11.9 Å². The quantitative estimate of drug-likeness (QED) is 0.759. The maximum Gasteiger partial charge on any atom is 0.319 e. The molecule has 2 aromatic rings. The molecule has 2 rings (SSSR count). The molecule has 6 heteroatoms. The Morgan fingerprint density at radius 1 is 1.21 bits per heavy atom. The molecule has 0 aliphatic heterocycles. The summed E-state index contributed by atoms with van der Waals surface area (Å²) in [6.45, 7) is 0.541. The lowest BCUT2D eigenvalue weighted by molar-refractivity contribution is 0.251. The Morgan fingerprint density at radius 3 is 2.83 bits per heavy atom. The standard InChI is InChI=1S/C18H18FN3O2/c19-17-9-2-1-6-14(17)13-21-18(23)22-15-7-5-8-16(12-15)24-11-4-3-10-20/h1-2,5-9,12H,3-4,11,13H2,(H2,21,22,23). The number of halogens is 1. The molecule has 5 nitrogen and oxygen atoms in total. The summed E-state index contributed by atoms with van der Waals surface area (Å²) in [5, 5.41) is 13.7. The Morgan fingerprint density at radius 2 is 2.04 bits per heavy atom. The molecule has 0 spiro atoms. The summed E-state index contributed by atoms with van der Waals surface area (Å²) in [5.41, 5.74) is 0.987. The van der Waals surface area contributed by atoms with Crippen LogP contribution in [-0.2, 0) is 6.54 Å². The predicted molar refractivity (Wildman–Crippen MR) is 89.0 cm³/mol. The highest BCUT2D eigenvalue weighted by Crippen LogP contribution is 2.17. The van der Waals surface area contributed by atoms with Crippen LogP contribution in [-0.4, -0.2) is 12.6 Å². The number of hydrogen-bond acceptors (Lipinski definition) is 3. The van der Waals surface area contributed by atoms with E-state index in [1.807, 2.05) is 0 Å². The minimum absolute atomic E-state index is 0.100. The summed E-state index contributed by atoms with van der Waals surface area (Å²) in [6.07, 6.45) is 1.09. The van der Waals surface area contributed by atoms with Crippen LogP contribution in [0.3, 0.4) is 0 Å². The maximum absolute atomic E-state index is 13.5. The van der Waals surface area contributed by atoms with Gasteiger partial charge in [0.15, 0.2) is 0 Å². The van der Waals surface area contributed by atoms with Gasteiger partial charge in [0.1, 0.15) is 11.6 Å². The van der Waals surface area contributed by atoms with Crippen molar-refractivity contribution in [3.8, 4) is 11.8 Å².